The summed E-state index contributed by atoms with van der Waals surface area (Å²) in [6.07, 6.45) is 1.02. The number of carboxylic acid groups (broad SMARTS) is 1. The normalized spacial score (nSPS) is 9.62. The average Bonchev–Trinajstić information content (AvgIpc) is 2.14. The molecule has 0 bridgehead atoms. The lowest BCUT2D eigenvalue weighted by atomic mass is 10.1. The smallest absolute Gasteiger partial charge is 0.404 e. The van der Waals surface area contributed by atoms with E-state index in [0.717, 1.165) is 12.8 Å². The van der Waals surface area contributed by atoms with Crippen molar-refractivity contribution in [3.8, 4) is 0 Å². The molecule has 3 N–H and O–H groups in total. The van der Waals surface area contributed by atoms with Crippen LogP contribution in [-0.4, -0.2) is 24.3 Å². The average molecular weight is 231 g/mol. The predicted molar refractivity (Wildman–Crippen MR) is 65.0 cm³/mol. The first-order valence-corrected chi connectivity index (χ1v) is 5.70. The molecule has 0 radical (unpaired) electrons. The largest absolute Gasteiger partial charge is 0.465 e. The maximum absolute atomic E-state index is 9.87. The van der Waals surface area contributed by atoms with Crippen molar-refractivity contribution in [1.82, 2.24) is 5.32 Å². The third kappa shape index (κ3) is 23.0. The third-order valence-electron chi connectivity index (χ3n) is 1.82. The van der Waals surface area contributed by atoms with E-state index in [2.05, 4.69) is 38.1 Å². The summed E-state index contributed by atoms with van der Waals surface area (Å²) < 4.78 is 0. The zero-order chi connectivity index (χ0) is 13.0. The molecule has 0 aromatic rings. The molecule has 0 unspecified atom stereocenters. The van der Waals surface area contributed by atoms with Crippen LogP contribution in [0.2, 0.25) is 0 Å². The maximum atomic E-state index is 9.87. The lowest BCUT2D eigenvalue weighted by Crippen LogP contribution is -2.22. The van der Waals surface area contributed by atoms with E-state index in [4.69, 9.17) is 10.6 Å². The minimum absolute atomic E-state index is 0.562. The molecule has 0 spiro atoms. The summed E-state index contributed by atoms with van der Waals surface area (Å²) in [6, 6.07) is 0. The Labute approximate surface area is 98.1 Å². The van der Waals surface area contributed by atoms with Gasteiger partial charge in [-0.05, 0) is 24.7 Å². The molecule has 0 atom stereocenters. The molecular weight excluding hydrogens is 206 g/mol. The zero-order valence-electron chi connectivity index (χ0n) is 10.8. The molecule has 0 aliphatic rings. The van der Waals surface area contributed by atoms with Gasteiger partial charge >= 0.3 is 6.09 Å². The summed E-state index contributed by atoms with van der Waals surface area (Å²) in [5, 5.41) is 13.6. The Morgan fingerprint density at radius 1 is 1.25 bits per heavy atom. The molecule has 0 rings (SSSR count). The second kappa shape index (κ2) is 11.9. The quantitative estimate of drug-likeness (QED) is 0.612. The fourth-order valence-electron chi connectivity index (χ4n) is 0.791. The summed E-state index contributed by atoms with van der Waals surface area (Å²) in [4.78, 5) is 9.87. The molecule has 0 aliphatic heterocycles. The Kier molecular flexibility index (Phi) is 12.9. The zero-order valence-corrected chi connectivity index (χ0v) is 10.8. The molecule has 0 heterocycles. The second-order valence-corrected chi connectivity index (χ2v) is 4.48. The van der Waals surface area contributed by atoms with Gasteiger partial charge in [0.25, 0.3) is 0 Å². The Morgan fingerprint density at radius 3 is 2.00 bits per heavy atom. The van der Waals surface area contributed by atoms with E-state index in [1.54, 1.807) is 0 Å². The summed E-state index contributed by atoms with van der Waals surface area (Å²) in [6.45, 7) is 9.63. The Hall–Kier alpha value is -1.13. The van der Waals surface area contributed by atoms with Gasteiger partial charge in [-0.2, -0.15) is 5.11 Å². The molecule has 0 saturated heterocycles. The van der Waals surface area contributed by atoms with Gasteiger partial charge in [0.1, 0.15) is 0 Å². The molecule has 96 valence electrons. The highest BCUT2D eigenvalue weighted by atomic mass is 16.4. The van der Waals surface area contributed by atoms with E-state index < -0.39 is 6.09 Å². The van der Waals surface area contributed by atoms with E-state index in [0.29, 0.717) is 24.9 Å². The monoisotopic (exact) mass is 231 g/mol. The van der Waals surface area contributed by atoms with Gasteiger partial charge in [-0.1, -0.05) is 27.7 Å². The molecular formula is C11H25N3O2. The van der Waals surface area contributed by atoms with Gasteiger partial charge in [-0.25, -0.2) is 10.3 Å². The van der Waals surface area contributed by atoms with Gasteiger partial charge in [0.05, 0.1) is 6.54 Å². The van der Waals surface area contributed by atoms with Crippen LogP contribution in [0.3, 0.4) is 0 Å². The standard InChI is InChI=1S/C6H13NO2.C5H12N2/c1-5(2)3-4-7-6(8)9;1-5(2)3-4-7-6/h5,7H,3-4H2,1-2H3,(H,8,9);5-6H,3-4H2,1-2H3. The fraction of sp³-hybridized carbons (Fsp3) is 0.909. The number of hydrogen-bond acceptors (Lipinski definition) is 3. The highest BCUT2D eigenvalue weighted by molar-refractivity contribution is 5.64. The maximum Gasteiger partial charge on any atom is 0.404 e. The Morgan fingerprint density at radius 2 is 1.75 bits per heavy atom. The van der Waals surface area contributed by atoms with Gasteiger partial charge in [0.15, 0.2) is 0 Å². The van der Waals surface area contributed by atoms with Crippen LogP contribution in [-0.2, 0) is 0 Å². The van der Waals surface area contributed by atoms with Crippen LogP contribution in [0.4, 0.5) is 4.79 Å². The number of carbonyl (C=O) groups is 1. The highest BCUT2D eigenvalue weighted by Crippen LogP contribution is 1.97. The van der Waals surface area contributed by atoms with Crippen molar-refractivity contribution in [3.05, 3.63) is 0 Å². The van der Waals surface area contributed by atoms with Crippen molar-refractivity contribution < 1.29 is 9.90 Å². The fourth-order valence-corrected chi connectivity index (χ4v) is 0.791. The van der Waals surface area contributed by atoms with Gasteiger partial charge in [-0.15, -0.1) is 0 Å². The third-order valence-corrected chi connectivity index (χ3v) is 1.82. The predicted octanol–water partition coefficient (Wildman–Crippen LogP) is 3.36. The van der Waals surface area contributed by atoms with Crippen LogP contribution < -0.4 is 5.32 Å². The topological polar surface area (TPSA) is 85.5 Å². The van der Waals surface area contributed by atoms with Gasteiger partial charge in [0, 0.05) is 6.54 Å². The van der Waals surface area contributed by atoms with Crippen molar-refractivity contribution in [2.45, 2.75) is 40.5 Å². The lowest BCUT2D eigenvalue weighted by Gasteiger charge is -2.02. The Bertz CT molecular complexity index is 182. The van der Waals surface area contributed by atoms with Crippen molar-refractivity contribution in [3.63, 3.8) is 0 Å². The SMILES string of the molecule is CC(C)CCN=N.CC(C)CCNC(=O)O. The number of rotatable bonds is 6. The molecule has 5 nitrogen and oxygen atoms in total. The number of nitrogens with zero attached hydrogens (tertiary/aromatic N) is 1. The van der Waals surface area contributed by atoms with Crippen LogP contribution in [0, 0.1) is 17.4 Å². The van der Waals surface area contributed by atoms with Crippen LogP contribution in [0.15, 0.2) is 5.11 Å². The van der Waals surface area contributed by atoms with Crippen molar-refractivity contribution in [2.24, 2.45) is 17.0 Å². The summed E-state index contributed by atoms with van der Waals surface area (Å²) in [5.74, 6) is 1.26. The number of amides is 1. The van der Waals surface area contributed by atoms with E-state index in [1.807, 2.05) is 0 Å². The molecule has 0 aromatic heterocycles. The molecule has 16 heavy (non-hydrogen) atoms. The second-order valence-electron chi connectivity index (χ2n) is 4.48. The van der Waals surface area contributed by atoms with Gasteiger partial charge in [0.2, 0.25) is 0 Å². The first-order valence-electron chi connectivity index (χ1n) is 5.70. The van der Waals surface area contributed by atoms with E-state index in [9.17, 15) is 4.79 Å². The molecule has 0 aliphatic carbocycles. The van der Waals surface area contributed by atoms with Gasteiger partial charge in [-0.3, -0.25) is 0 Å². The molecule has 1 amide bonds. The van der Waals surface area contributed by atoms with Crippen LogP contribution >= 0.6 is 0 Å². The summed E-state index contributed by atoms with van der Waals surface area (Å²) in [7, 11) is 0. The summed E-state index contributed by atoms with van der Waals surface area (Å²) in [5.41, 5.74) is 6.42. The number of nitrogens with one attached hydrogen (secondary N) is 2. The van der Waals surface area contributed by atoms with Crippen molar-refractivity contribution in [2.75, 3.05) is 13.1 Å². The first kappa shape index (κ1) is 17.3. The number of hydrogen-bond donors (Lipinski definition) is 3. The molecule has 0 saturated carbocycles. The van der Waals surface area contributed by atoms with Crippen molar-refractivity contribution in [1.29, 1.82) is 5.53 Å². The Balaban J connectivity index is 0. The van der Waals surface area contributed by atoms with E-state index in [1.165, 1.54) is 0 Å². The van der Waals surface area contributed by atoms with Crippen molar-refractivity contribution >= 4 is 6.09 Å². The highest BCUT2D eigenvalue weighted by Gasteiger charge is 1.95. The minimum Gasteiger partial charge on any atom is -0.465 e. The molecule has 0 aromatic carbocycles. The lowest BCUT2D eigenvalue weighted by molar-refractivity contribution is 0.194. The van der Waals surface area contributed by atoms with E-state index in [-0.39, 0.29) is 0 Å². The summed E-state index contributed by atoms with van der Waals surface area (Å²) >= 11 is 0. The van der Waals surface area contributed by atoms with Crippen LogP contribution in [0.1, 0.15) is 40.5 Å². The van der Waals surface area contributed by atoms with E-state index >= 15 is 0 Å². The van der Waals surface area contributed by atoms with Crippen LogP contribution in [0.25, 0.3) is 0 Å². The van der Waals surface area contributed by atoms with Crippen LogP contribution in [0.5, 0.6) is 0 Å². The van der Waals surface area contributed by atoms with Gasteiger partial charge < -0.3 is 10.4 Å². The minimum atomic E-state index is -0.935. The molecule has 5 heteroatoms. The molecule has 0 fully saturated rings. The first-order chi connectivity index (χ1) is 7.40.